The molecule has 2 saturated heterocycles. The van der Waals surface area contributed by atoms with Crippen LogP contribution in [-0.4, -0.2) is 71.4 Å². The lowest BCUT2D eigenvalue weighted by molar-refractivity contribution is -0.110. The van der Waals surface area contributed by atoms with E-state index in [1.54, 1.807) is 0 Å². The number of carbonyl (C=O) groups is 1. The van der Waals surface area contributed by atoms with Gasteiger partial charge in [-0.1, -0.05) is 27.2 Å². The van der Waals surface area contributed by atoms with E-state index in [2.05, 4.69) is 41.1 Å². The number of carbonyl (C=O) groups excluding carboxylic acids is 1. The zero-order chi connectivity index (χ0) is 23.4. The molecule has 3 atom stereocenters. The van der Waals surface area contributed by atoms with Gasteiger partial charge in [0.1, 0.15) is 6.29 Å². The molecule has 2 aliphatic carbocycles. The monoisotopic (exact) mass is 455 g/mol. The van der Waals surface area contributed by atoms with Crippen LogP contribution in [0.25, 0.3) is 0 Å². The molecule has 5 rings (SSSR count). The molecule has 0 amide bonds. The van der Waals surface area contributed by atoms with Gasteiger partial charge in [0, 0.05) is 62.1 Å². The predicted octanol–water partition coefficient (Wildman–Crippen LogP) is 4.39. The molecule has 4 aliphatic rings. The lowest BCUT2D eigenvalue weighted by Crippen LogP contribution is -2.54. The summed E-state index contributed by atoms with van der Waals surface area (Å²) in [6, 6.07) is 1.21. The molecule has 6 nitrogen and oxygen atoms in total. The van der Waals surface area contributed by atoms with Crippen LogP contribution in [0.2, 0.25) is 0 Å². The van der Waals surface area contributed by atoms with E-state index in [1.807, 2.05) is 13.8 Å². The van der Waals surface area contributed by atoms with Crippen molar-refractivity contribution < 1.29 is 4.79 Å². The smallest absolute Gasteiger partial charge is 0.225 e. The lowest BCUT2D eigenvalue weighted by atomic mass is 9.52. The highest BCUT2D eigenvalue weighted by Crippen LogP contribution is 2.58. The van der Waals surface area contributed by atoms with Gasteiger partial charge in [-0.25, -0.2) is 9.97 Å². The number of hydrogen-bond donors (Lipinski definition) is 0. The van der Waals surface area contributed by atoms with Crippen LogP contribution in [0.3, 0.4) is 0 Å². The highest BCUT2D eigenvalue weighted by molar-refractivity contribution is 5.52. The summed E-state index contributed by atoms with van der Waals surface area (Å²) >= 11 is 0. The fraction of sp³-hybridized carbons (Fsp3) is 0.815. The molecule has 0 N–H and O–H groups in total. The fourth-order valence-electron chi connectivity index (χ4n) is 6.43. The van der Waals surface area contributed by atoms with E-state index in [0.717, 1.165) is 43.1 Å². The molecular weight excluding hydrogens is 410 g/mol. The number of likely N-dealkylation sites (tertiary alicyclic amines) is 1. The quantitative estimate of drug-likeness (QED) is 0.542. The molecule has 0 aromatic carbocycles. The molecular formula is C27H45N5O. The summed E-state index contributed by atoms with van der Waals surface area (Å²) in [5, 5.41) is 0. The Morgan fingerprint density at radius 1 is 1.15 bits per heavy atom. The highest BCUT2D eigenvalue weighted by atomic mass is 16.1. The molecule has 1 aromatic rings. The van der Waals surface area contributed by atoms with Crippen LogP contribution >= 0.6 is 0 Å². The summed E-state index contributed by atoms with van der Waals surface area (Å²) < 4.78 is 0. The van der Waals surface area contributed by atoms with Crippen LogP contribution in [0, 0.1) is 17.3 Å². The van der Waals surface area contributed by atoms with Crippen molar-refractivity contribution in [3.63, 3.8) is 0 Å². The molecule has 2 bridgehead atoms. The van der Waals surface area contributed by atoms with Crippen molar-refractivity contribution >= 4 is 12.2 Å². The molecule has 2 aliphatic heterocycles. The third-order valence-electron chi connectivity index (χ3n) is 8.68. The number of aromatic nitrogens is 2. The predicted molar refractivity (Wildman–Crippen MR) is 134 cm³/mol. The first-order chi connectivity index (χ1) is 15.9. The maximum Gasteiger partial charge on any atom is 0.225 e. The summed E-state index contributed by atoms with van der Waals surface area (Å²) in [6.45, 7) is 11.9. The largest absolute Gasteiger partial charge is 0.332 e. The van der Waals surface area contributed by atoms with Crippen LogP contribution in [0.4, 0.5) is 5.95 Å². The van der Waals surface area contributed by atoms with E-state index in [4.69, 9.17) is 9.97 Å². The fourth-order valence-corrected chi connectivity index (χ4v) is 6.43. The normalized spacial score (nSPS) is 27.0. The van der Waals surface area contributed by atoms with Gasteiger partial charge in [0.2, 0.25) is 5.95 Å². The first-order valence-electron chi connectivity index (χ1n) is 13.4. The molecule has 2 saturated carbocycles. The van der Waals surface area contributed by atoms with Crippen molar-refractivity contribution in [2.75, 3.05) is 38.1 Å². The summed E-state index contributed by atoms with van der Waals surface area (Å²) in [6.07, 6.45) is 16.1. The van der Waals surface area contributed by atoms with Crippen molar-refractivity contribution in [3.8, 4) is 0 Å². The van der Waals surface area contributed by atoms with E-state index in [1.165, 1.54) is 70.1 Å². The van der Waals surface area contributed by atoms with Gasteiger partial charge in [-0.3, -0.25) is 4.90 Å². The SMILES string of the molecule is CCC(C)C=O.CCN1CC2CCC(C1)N2c1ncc(CN(C)CC2CC3(CCC3)C2)cn1. The van der Waals surface area contributed by atoms with Crippen LogP contribution < -0.4 is 4.90 Å². The molecule has 0 radical (unpaired) electrons. The van der Waals surface area contributed by atoms with E-state index >= 15 is 0 Å². The number of nitrogens with zero attached hydrogens (tertiary/aromatic N) is 5. The molecule has 1 aromatic heterocycles. The van der Waals surface area contributed by atoms with Crippen LogP contribution in [0.1, 0.15) is 77.7 Å². The Morgan fingerprint density at radius 3 is 2.24 bits per heavy atom. The average Bonchev–Trinajstić information content (AvgIpc) is 3.04. The zero-order valence-corrected chi connectivity index (χ0v) is 21.4. The van der Waals surface area contributed by atoms with E-state index in [0.29, 0.717) is 12.1 Å². The van der Waals surface area contributed by atoms with E-state index < -0.39 is 0 Å². The minimum Gasteiger partial charge on any atom is -0.332 e. The molecule has 33 heavy (non-hydrogen) atoms. The lowest BCUT2D eigenvalue weighted by Gasteiger charge is -2.55. The summed E-state index contributed by atoms with van der Waals surface area (Å²) in [5.41, 5.74) is 2.04. The minimum atomic E-state index is 0.255. The number of anilines is 1. The van der Waals surface area contributed by atoms with Crippen LogP contribution in [0.5, 0.6) is 0 Å². The van der Waals surface area contributed by atoms with Gasteiger partial charge in [0.15, 0.2) is 0 Å². The number of aldehydes is 1. The number of hydrogen-bond acceptors (Lipinski definition) is 6. The Morgan fingerprint density at radius 2 is 1.79 bits per heavy atom. The highest BCUT2D eigenvalue weighted by Gasteiger charge is 2.47. The number of piperazine rings is 1. The Bertz CT molecular complexity index is 742. The van der Waals surface area contributed by atoms with Gasteiger partial charge in [0.25, 0.3) is 0 Å². The first kappa shape index (κ1) is 24.6. The van der Waals surface area contributed by atoms with Crippen LogP contribution in [-0.2, 0) is 11.3 Å². The van der Waals surface area contributed by atoms with Crippen molar-refractivity contribution in [2.24, 2.45) is 17.3 Å². The van der Waals surface area contributed by atoms with Crippen molar-refractivity contribution in [3.05, 3.63) is 18.0 Å². The molecule has 184 valence electrons. The van der Waals surface area contributed by atoms with Crippen molar-refractivity contribution in [2.45, 2.75) is 90.8 Å². The second-order valence-electron chi connectivity index (χ2n) is 11.4. The third-order valence-corrected chi connectivity index (χ3v) is 8.68. The summed E-state index contributed by atoms with van der Waals surface area (Å²) in [4.78, 5) is 26.8. The Labute approximate surface area is 201 Å². The van der Waals surface area contributed by atoms with Gasteiger partial charge < -0.3 is 14.6 Å². The maximum absolute atomic E-state index is 9.74. The number of likely N-dealkylation sites (N-methyl/N-ethyl adjacent to an activating group) is 1. The summed E-state index contributed by atoms with van der Waals surface area (Å²) in [5.74, 6) is 2.13. The molecule has 3 heterocycles. The average molecular weight is 456 g/mol. The van der Waals surface area contributed by atoms with Crippen molar-refractivity contribution in [1.82, 2.24) is 19.8 Å². The summed E-state index contributed by atoms with van der Waals surface area (Å²) in [7, 11) is 2.25. The molecule has 4 fully saturated rings. The van der Waals surface area contributed by atoms with Gasteiger partial charge in [-0.05, 0) is 69.9 Å². The number of fused-ring (bicyclic) bond motifs is 2. The number of rotatable bonds is 8. The second-order valence-corrected chi connectivity index (χ2v) is 11.4. The molecule has 3 unspecified atom stereocenters. The zero-order valence-electron chi connectivity index (χ0n) is 21.4. The Hall–Kier alpha value is -1.53. The minimum absolute atomic E-state index is 0.255. The third kappa shape index (κ3) is 5.76. The Kier molecular flexibility index (Phi) is 8.06. The van der Waals surface area contributed by atoms with E-state index in [-0.39, 0.29) is 5.92 Å². The van der Waals surface area contributed by atoms with Crippen LogP contribution in [0.15, 0.2) is 12.4 Å². The van der Waals surface area contributed by atoms with Gasteiger partial charge in [-0.15, -0.1) is 0 Å². The second kappa shape index (κ2) is 10.8. The van der Waals surface area contributed by atoms with Crippen molar-refractivity contribution in [1.29, 1.82) is 0 Å². The Balaban J connectivity index is 0.000000385. The standard InChI is InChI=1S/C22H35N5.C5H10O/c1-3-26-15-19-5-6-20(16-26)27(19)21-23-11-18(12-24-21)14-25(2)13-17-9-22(10-17)7-4-8-22;1-3-5(2)4-6/h11-12,17,19-20H,3-10,13-16H2,1-2H3;4-5H,3H2,1-2H3. The maximum atomic E-state index is 9.74. The molecule has 1 spiro atoms. The first-order valence-corrected chi connectivity index (χ1v) is 13.4. The molecule has 6 heteroatoms. The van der Waals surface area contributed by atoms with Gasteiger partial charge in [-0.2, -0.15) is 0 Å². The van der Waals surface area contributed by atoms with Gasteiger partial charge >= 0.3 is 0 Å². The topological polar surface area (TPSA) is 52.6 Å². The van der Waals surface area contributed by atoms with E-state index in [9.17, 15) is 4.79 Å². The van der Waals surface area contributed by atoms with Gasteiger partial charge in [0.05, 0.1) is 0 Å².